The zero-order valence-corrected chi connectivity index (χ0v) is 11.7. The van der Waals surface area contributed by atoms with Crippen LogP contribution in [-0.2, 0) is 15.7 Å². The number of benzene rings is 1. The predicted molar refractivity (Wildman–Crippen MR) is 70.7 cm³/mol. The number of hydrogen-bond acceptors (Lipinski definition) is 4. The number of esters is 1. The largest absolute Gasteiger partial charge is 0.469 e. The molecule has 1 aromatic rings. The zero-order valence-electron chi connectivity index (χ0n) is 11.7. The standard InChI is InChI=1S/C14H15F3N2O2/c1-19(7-3-4-13(20)21-2)12-6-5-11(14(15,16)17)8-10(12)9-18/h5-6,8H,3-4,7H2,1-2H3. The smallest absolute Gasteiger partial charge is 0.416 e. The second-order valence-corrected chi connectivity index (χ2v) is 4.44. The second-order valence-electron chi connectivity index (χ2n) is 4.44. The van der Waals surface area contributed by atoms with Crippen LogP contribution in [0.4, 0.5) is 18.9 Å². The molecule has 0 radical (unpaired) electrons. The summed E-state index contributed by atoms with van der Waals surface area (Å²) in [6.45, 7) is 0.426. The molecule has 0 atom stereocenters. The predicted octanol–water partition coefficient (Wildman–Crippen LogP) is 2.97. The van der Waals surface area contributed by atoms with Crippen molar-refractivity contribution in [2.75, 3.05) is 25.6 Å². The minimum Gasteiger partial charge on any atom is -0.469 e. The number of anilines is 1. The van der Waals surface area contributed by atoms with Gasteiger partial charge >= 0.3 is 12.1 Å². The molecule has 7 heteroatoms. The molecule has 0 bridgehead atoms. The zero-order chi connectivity index (χ0) is 16.0. The third kappa shape index (κ3) is 4.67. The van der Waals surface area contributed by atoms with Crippen molar-refractivity contribution in [3.05, 3.63) is 29.3 Å². The molecule has 0 aliphatic carbocycles. The van der Waals surface area contributed by atoms with Crippen LogP contribution >= 0.6 is 0 Å². The summed E-state index contributed by atoms with van der Waals surface area (Å²) in [6.07, 6.45) is -3.79. The molecule has 0 fully saturated rings. The monoisotopic (exact) mass is 300 g/mol. The SMILES string of the molecule is COC(=O)CCCN(C)c1ccc(C(F)(F)F)cc1C#N. The Bertz CT molecular complexity index is 550. The molecule has 4 nitrogen and oxygen atoms in total. The normalized spacial score (nSPS) is 10.9. The van der Waals surface area contributed by atoms with Gasteiger partial charge in [0.05, 0.1) is 23.9 Å². The number of hydrogen-bond donors (Lipinski definition) is 0. The highest BCUT2D eigenvalue weighted by molar-refractivity contribution is 5.69. The summed E-state index contributed by atoms with van der Waals surface area (Å²) in [4.78, 5) is 12.6. The van der Waals surface area contributed by atoms with Gasteiger partial charge in [-0.1, -0.05) is 0 Å². The van der Waals surface area contributed by atoms with Crippen LogP contribution in [0.2, 0.25) is 0 Å². The van der Waals surface area contributed by atoms with Gasteiger partial charge in [-0.25, -0.2) is 0 Å². The van der Waals surface area contributed by atoms with Crippen LogP contribution in [0.5, 0.6) is 0 Å². The summed E-state index contributed by atoms with van der Waals surface area (Å²) in [5.74, 6) is -0.351. The van der Waals surface area contributed by atoms with Crippen molar-refractivity contribution in [3.63, 3.8) is 0 Å². The summed E-state index contributed by atoms with van der Waals surface area (Å²) >= 11 is 0. The highest BCUT2D eigenvalue weighted by Gasteiger charge is 2.31. The summed E-state index contributed by atoms with van der Waals surface area (Å²) in [6, 6.07) is 4.79. The van der Waals surface area contributed by atoms with Crippen molar-refractivity contribution in [2.24, 2.45) is 0 Å². The van der Waals surface area contributed by atoms with E-state index in [-0.39, 0.29) is 18.0 Å². The number of halogens is 3. The number of methoxy groups -OCH3 is 1. The molecule has 1 rings (SSSR count). The van der Waals surface area contributed by atoms with E-state index in [1.54, 1.807) is 18.0 Å². The van der Waals surface area contributed by atoms with Gasteiger partial charge in [-0.3, -0.25) is 4.79 Å². The van der Waals surface area contributed by atoms with Crippen LogP contribution in [0.1, 0.15) is 24.0 Å². The second kappa shape index (κ2) is 6.97. The van der Waals surface area contributed by atoms with Crippen LogP contribution in [0.25, 0.3) is 0 Å². The van der Waals surface area contributed by atoms with Crippen LogP contribution in [-0.4, -0.2) is 26.7 Å². The maximum absolute atomic E-state index is 12.6. The Hall–Kier alpha value is -2.23. The molecule has 1 aromatic carbocycles. The van der Waals surface area contributed by atoms with Crippen molar-refractivity contribution < 1.29 is 22.7 Å². The van der Waals surface area contributed by atoms with Crippen molar-refractivity contribution >= 4 is 11.7 Å². The summed E-state index contributed by atoms with van der Waals surface area (Å²) in [5, 5.41) is 8.99. The van der Waals surface area contributed by atoms with Crippen LogP contribution < -0.4 is 4.90 Å². The number of carbonyl (C=O) groups is 1. The van der Waals surface area contributed by atoms with Gasteiger partial charge in [0.1, 0.15) is 6.07 Å². The maximum Gasteiger partial charge on any atom is 0.416 e. The Morgan fingerprint density at radius 2 is 2.10 bits per heavy atom. The van der Waals surface area contributed by atoms with E-state index in [1.807, 2.05) is 0 Å². The lowest BCUT2D eigenvalue weighted by atomic mass is 10.1. The Morgan fingerprint density at radius 3 is 2.62 bits per heavy atom. The van der Waals surface area contributed by atoms with Gasteiger partial charge in [0.15, 0.2) is 0 Å². The summed E-state index contributed by atoms with van der Waals surface area (Å²) < 4.78 is 42.3. The van der Waals surface area contributed by atoms with Crippen molar-refractivity contribution in [1.29, 1.82) is 5.26 Å². The van der Waals surface area contributed by atoms with E-state index in [0.29, 0.717) is 18.7 Å². The maximum atomic E-state index is 12.6. The molecule has 0 aromatic heterocycles. The third-order valence-corrected chi connectivity index (χ3v) is 2.96. The lowest BCUT2D eigenvalue weighted by Gasteiger charge is -2.21. The molecule has 0 aliphatic rings. The lowest BCUT2D eigenvalue weighted by Crippen LogP contribution is -2.21. The highest BCUT2D eigenvalue weighted by Crippen LogP contribution is 2.32. The minimum absolute atomic E-state index is 0.0506. The first-order valence-electron chi connectivity index (χ1n) is 6.19. The van der Waals surface area contributed by atoms with E-state index in [2.05, 4.69) is 4.74 Å². The number of ether oxygens (including phenoxy) is 1. The molecule has 0 heterocycles. The molecule has 0 amide bonds. The van der Waals surface area contributed by atoms with E-state index in [0.717, 1.165) is 12.1 Å². The average Bonchev–Trinajstić information content (AvgIpc) is 2.45. The van der Waals surface area contributed by atoms with Gasteiger partial charge in [-0.15, -0.1) is 0 Å². The van der Waals surface area contributed by atoms with Crippen LogP contribution in [0, 0.1) is 11.3 Å². The Balaban J connectivity index is 2.83. The molecule has 0 saturated heterocycles. The molecule has 0 aliphatic heterocycles. The number of carbonyl (C=O) groups excluding carboxylic acids is 1. The molecule has 0 saturated carbocycles. The van der Waals surface area contributed by atoms with Gasteiger partial charge in [0.25, 0.3) is 0 Å². The van der Waals surface area contributed by atoms with Crippen LogP contribution in [0.3, 0.4) is 0 Å². The van der Waals surface area contributed by atoms with Gasteiger partial charge in [0.2, 0.25) is 0 Å². The minimum atomic E-state index is -4.48. The van der Waals surface area contributed by atoms with Crippen molar-refractivity contribution in [3.8, 4) is 6.07 Å². The Labute approximate surface area is 120 Å². The first-order chi connectivity index (χ1) is 9.79. The number of nitrogens with zero attached hydrogens (tertiary/aromatic N) is 2. The van der Waals surface area contributed by atoms with E-state index in [4.69, 9.17) is 5.26 Å². The Morgan fingerprint density at radius 1 is 1.43 bits per heavy atom. The molecule has 114 valence electrons. The van der Waals surface area contributed by atoms with Crippen molar-refractivity contribution in [1.82, 2.24) is 0 Å². The summed E-state index contributed by atoms with van der Waals surface area (Å²) in [5.41, 5.74) is -0.508. The fourth-order valence-corrected chi connectivity index (χ4v) is 1.82. The van der Waals surface area contributed by atoms with Gasteiger partial charge in [-0.05, 0) is 24.6 Å². The fourth-order valence-electron chi connectivity index (χ4n) is 1.82. The van der Waals surface area contributed by atoms with E-state index >= 15 is 0 Å². The quantitative estimate of drug-likeness (QED) is 0.785. The van der Waals surface area contributed by atoms with E-state index < -0.39 is 11.7 Å². The third-order valence-electron chi connectivity index (χ3n) is 2.96. The molecule has 0 N–H and O–H groups in total. The molecular weight excluding hydrogens is 285 g/mol. The van der Waals surface area contributed by atoms with Crippen LogP contribution in [0.15, 0.2) is 18.2 Å². The molecule has 0 spiro atoms. The first kappa shape index (κ1) is 16.8. The van der Waals surface area contributed by atoms with Gasteiger partial charge in [-0.2, -0.15) is 18.4 Å². The van der Waals surface area contributed by atoms with Gasteiger partial charge < -0.3 is 9.64 Å². The average molecular weight is 300 g/mol. The molecule has 0 unspecified atom stereocenters. The topological polar surface area (TPSA) is 53.3 Å². The van der Waals surface area contributed by atoms with E-state index in [9.17, 15) is 18.0 Å². The first-order valence-corrected chi connectivity index (χ1v) is 6.19. The highest BCUT2D eigenvalue weighted by atomic mass is 19.4. The number of alkyl halides is 3. The van der Waals surface area contributed by atoms with Gasteiger partial charge in [0, 0.05) is 20.0 Å². The molecule has 21 heavy (non-hydrogen) atoms. The lowest BCUT2D eigenvalue weighted by molar-refractivity contribution is -0.140. The molecular formula is C14H15F3N2O2. The summed E-state index contributed by atoms with van der Waals surface area (Å²) in [7, 11) is 2.94. The van der Waals surface area contributed by atoms with Crippen molar-refractivity contribution in [2.45, 2.75) is 19.0 Å². The fraction of sp³-hybridized carbons (Fsp3) is 0.429. The number of rotatable bonds is 5. The Kier molecular flexibility index (Phi) is 5.59. The number of nitriles is 1. The van der Waals surface area contributed by atoms with E-state index in [1.165, 1.54) is 13.2 Å².